The zero-order valence-electron chi connectivity index (χ0n) is 7.95. The molecule has 0 aromatic rings. The Morgan fingerprint density at radius 3 is 3.00 bits per heavy atom. The van der Waals surface area contributed by atoms with E-state index in [1.807, 2.05) is 6.92 Å². The van der Waals surface area contributed by atoms with Crippen molar-refractivity contribution in [3.63, 3.8) is 0 Å². The van der Waals surface area contributed by atoms with Crippen LogP contribution in [0.25, 0.3) is 0 Å². The third-order valence-electron chi connectivity index (χ3n) is 2.28. The minimum Gasteiger partial charge on any atom is -0.385 e. The number of methoxy groups -OCH3 is 1. The summed E-state index contributed by atoms with van der Waals surface area (Å²) < 4.78 is 10.6. The molecule has 0 spiro atoms. The average Bonchev–Trinajstić information content (AvgIpc) is 2.50. The highest BCUT2D eigenvalue weighted by molar-refractivity contribution is 5.02. The van der Waals surface area contributed by atoms with Gasteiger partial charge in [-0.2, -0.15) is 0 Å². The van der Waals surface area contributed by atoms with E-state index in [-0.39, 0.29) is 0 Å². The summed E-state index contributed by atoms with van der Waals surface area (Å²) in [6.07, 6.45) is 6.97. The second-order valence-electron chi connectivity index (χ2n) is 3.13. The van der Waals surface area contributed by atoms with Crippen LogP contribution in [0, 0.1) is 5.92 Å². The Morgan fingerprint density at radius 2 is 2.33 bits per heavy atom. The number of hydrogen-bond donors (Lipinski definition) is 0. The van der Waals surface area contributed by atoms with Crippen LogP contribution in [0.3, 0.4) is 0 Å². The fourth-order valence-corrected chi connectivity index (χ4v) is 1.61. The lowest BCUT2D eigenvalue weighted by atomic mass is 10.0. The lowest BCUT2D eigenvalue weighted by Gasteiger charge is -2.18. The van der Waals surface area contributed by atoms with Gasteiger partial charge in [0.15, 0.2) is 0 Å². The molecule has 0 N–H and O–H groups in total. The fourth-order valence-electron chi connectivity index (χ4n) is 1.61. The zero-order valence-corrected chi connectivity index (χ0v) is 7.95. The Bertz CT molecular complexity index is 143. The molecule has 0 amide bonds. The summed E-state index contributed by atoms with van der Waals surface area (Å²) in [4.78, 5) is 0. The zero-order chi connectivity index (χ0) is 8.81. The van der Waals surface area contributed by atoms with Gasteiger partial charge in [-0.15, -0.1) is 0 Å². The topological polar surface area (TPSA) is 18.5 Å². The maximum Gasteiger partial charge on any atom is 0.0787 e. The van der Waals surface area contributed by atoms with Crippen LogP contribution in [0.4, 0.5) is 0 Å². The summed E-state index contributed by atoms with van der Waals surface area (Å²) in [6.45, 7) is 3.69. The van der Waals surface area contributed by atoms with E-state index in [9.17, 15) is 0 Å². The molecule has 1 aliphatic rings. The van der Waals surface area contributed by atoms with E-state index in [1.165, 1.54) is 0 Å². The molecule has 0 aliphatic heterocycles. The summed E-state index contributed by atoms with van der Waals surface area (Å²) in [7, 11) is 1.75. The van der Waals surface area contributed by atoms with Crippen LogP contribution in [0.5, 0.6) is 0 Å². The molecule has 0 heterocycles. The van der Waals surface area contributed by atoms with Crippen LogP contribution in [-0.2, 0) is 9.47 Å². The first-order chi connectivity index (χ1) is 5.88. The molecular weight excluding hydrogens is 152 g/mol. The smallest absolute Gasteiger partial charge is 0.0787 e. The van der Waals surface area contributed by atoms with Gasteiger partial charge in [0.2, 0.25) is 0 Å². The molecule has 70 valence electrons. The van der Waals surface area contributed by atoms with E-state index >= 15 is 0 Å². The Morgan fingerprint density at radius 1 is 1.50 bits per heavy atom. The summed E-state index contributed by atoms with van der Waals surface area (Å²) in [5, 5.41) is 0. The number of ether oxygens (including phenoxy) is 2. The standard InChI is InChI=1S/C10H18O2/c1-3-12-10-6-4-5-9(10)7-8-11-2/h4,6,9-10H,3,5,7-8H2,1-2H3. The summed E-state index contributed by atoms with van der Waals surface area (Å²) in [6, 6.07) is 0. The van der Waals surface area contributed by atoms with Crippen molar-refractivity contribution in [3.05, 3.63) is 12.2 Å². The molecule has 1 rings (SSSR count). The fraction of sp³-hybridized carbons (Fsp3) is 0.800. The molecule has 1 aliphatic carbocycles. The predicted octanol–water partition coefficient (Wildman–Crippen LogP) is 2.00. The van der Waals surface area contributed by atoms with Gasteiger partial charge < -0.3 is 9.47 Å². The molecule has 0 aromatic heterocycles. The molecule has 0 radical (unpaired) electrons. The molecule has 12 heavy (non-hydrogen) atoms. The van der Waals surface area contributed by atoms with Gasteiger partial charge in [0.1, 0.15) is 0 Å². The van der Waals surface area contributed by atoms with Crippen LogP contribution >= 0.6 is 0 Å². The van der Waals surface area contributed by atoms with Gasteiger partial charge in [0.05, 0.1) is 6.10 Å². The van der Waals surface area contributed by atoms with Crippen molar-refractivity contribution >= 4 is 0 Å². The van der Waals surface area contributed by atoms with Gasteiger partial charge in [-0.25, -0.2) is 0 Å². The Balaban J connectivity index is 2.24. The van der Waals surface area contributed by atoms with E-state index in [1.54, 1.807) is 7.11 Å². The van der Waals surface area contributed by atoms with Crippen molar-refractivity contribution in [1.82, 2.24) is 0 Å². The van der Waals surface area contributed by atoms with Crippen LogP contribution < -0.4 is 0 Å². The Kier molecular flexibility index (Phi) is 4.33. The minimum absolute atomic E-state index is 0.338. The highest BCUT2D eigenvalue weighted by atomic mass is 16.5. The maximum atomic E-state index is 5.57. The molecule has 0 saturated heterocycles. The Labute approximate surface area is 74.6 Å². The molecule has 2 heteroatoms. The van der Waals surface area contributed by atoms with E-state index in [0.29, 0.717) is 12.0 Å². The van der Waals surface area contributed by atoms with E-state index in [2.05, 4.69) is 12.2 Å². The van der Waals surface area contributed by atoms with Crippen LogP contribution in [0.1, 0.15) is 19.8 Å². The van der Waals surface area contributed by atoms with Gasteiger partial charge >= 0.3 is 0 Å². The predicted molar refractivity (Wildman–Crippen MR) is 49.2 cm³/mol. The van der Waals surface area contributed by atoms with Crippen molar-refractivity contribution in [1.29, 1.82) is 0 Å². The minimum atomic E-state index is 0.338. The van der Waals surface area contributed by atoms with Crippen molar-refractivity contribution < 1.29 is 9.47 Å². The third kappa shape index (κ3) is 2.61. The van der Waals surface area contributed by atoms with Crippen molar-refractivity contribution in [3.8, 4) is 0 Å². The van der Waals surface area contributed by atoms with Crippen LogP contribution in [0.15, 0.2) is 12.2 Å². The van der Waals surface area contributed by atoms with Gasteiger partial charge in [0.25, 0.3) is 0 Å². The van der Waals surface area contributed by atoms with Gasteiger partial charge in [-0.1, -0.05) is 12.2 Å². The average molecular weight is 170 g/mol. The highest BCUT2D eigenvalue weighted by Crippen LogP contribution is 2.24. The van der Waals surface area contributed by atoms with Crippen molar-refractivity contribution in [2.24, 2.45) is 5.92 Å². The third-order valence-corrected chi connectivity index (χ3v) is 2.28. The highest BCUT2D eigenvalue weighted by Gasteiger charge is 2.22. The van der Waals surface area contributed by atoms with E-state index in [0.717, 1.165) is 26.1 Å². The molecular formula is C10H18O2. The quantitative estimate of drug-likeness (QED) is 0.587. The summed E-state index contributed by atoms with van der Waals surface area (Å²) in [5.41, 5.74) is 0. The summed E-state index contributed by atoms with van der Waals surface area (Å²) >= 11 is 0. The monoisotopic (exact) mass is 170 g/mol. The van der Waals surface area contributed by atoms with E-state index in [4.69, 9.17) is 9.47 Å². The molecule has 0 fully saturated rings. The van der Waals surface area contributed by atoms with E-state index < -0.39 is 0 Å². The molecule has 2 atom stereocenters. The molecule has 2 unspecified atom stereocenters. The largest absolute Gasteiger partial charge is 0.385 e. The number of allylic oxidation sites excluding steroid dienone is 1. The number of hydrogen-bond acceptors (Lipinski definition) is 2. The van der Waals surface area contributed by atoms with Gasteiger partial charge in [0, 0.05) is 20.3 Å². The number of rotatable bonds is 5. The second kappa shape index (κ2) is 5.33. The first-order valence-corrected chi connectivity index (χ1v) is 4.65. The Hall–Kier alpha value is -0.340. The molecule has 2 nitrogen and oxygen atoms in total. The first kappa shape index (κ1) is 9.75. The SMILES string of the molecule is CCOC1C=CCC1CCOC. The van der Waals surface area contributed by atoms with Crippen molar-refractivity contribution in [2.45, 2.75) is 25.9 Å². The second-order valence-corrected chi connectivity index (χ2v) is 3.13. The lowest BCUT2D eigenvalue weighted by Crippen LogP contribution is -2.19. The van der Waals surface area contributed by atoms with Gasteiger partial charge in [-0.3, -0.25) is 0 Å². The summed E-state index contributed by atoms with van der Waals surface area (Å²) in [5.74, 6) is 0.643. The molecule has 0 bridgehead atoms. The van der Waals surface area contributed by atoms with Crippen molar-refractivity contribution in [2.75, 3.05) is 20.3 Å². The maximum absolute atomic E-state index is 5.57. The molecule has 0 aromatic carbocycles. The van der Waals surface area contributed by atoms with Gasteiger partial charge in [-0.05, 0) is 25.7 Å². The molecule has 0 saturated carbocycles. The van der Waals surface area contributed by atoms with Crippen LogP contribution in [-0.4, -0.2) is 26.4 Å². The lowest BCUT2D eigenvalue weighted by molar-refractivity contribution is 0.0481. The first-order valence-electron chi connectivity index (χ1n) is 4.65. The van der Waals surface area contributed by atoms with Crippen LogP contribution in [0.2, 0.25) is 0 Å². The normalized spacial score (nSPS) is 28.2.